The Balaban J connectivity index is 2.21. The Kier molecular flexibility index (Phi) is 3.15. The van der Waals surface area contributed by atoms with E-state index in [2.05, 4.69) is 21.2 Å². The quantitative estimate of drug-likeness (QED) is 0.850. The van der Waals surface area contributed by atoms with Gasteiger partial charge in [0, 0.05) is 16.2 Å². The van der Waals surface area contributed by atoms with Crippen molar-refractivity contribution >= 4 is 21.6 Å². The number of rotatable bonds is 2. The van der Waals surface area contributed by atoms with Gasteiger partial charge in [0.25, 0.3) is 0 Å². The first-order chi connectivity index (χ1) is 7.45. The van der Waals surface area contributed by atoms with E-state index in [1.165, 1.54) is 0 Å². The molecule has 0 spiro atoms. The van der Waals surface area contributed by atoms with E-state index in [4.69, 9.17) is 0 Å². The first-order valence-electron chi connectivity index (χ1n) is 5.09. The molecule has 1 aromatic rings. The maximum atomic E-state index is 12.5. The van der Waals surface area contributed by atoms with Gasteiger partial charge in [-0.05, 0) is 37.5 Å². The lowest BCUT2D eigenvalue weighted by atomic mass is 9.93. The van der Waals surface area contributed by atoms with Crippen LogP contribution >= 0.6 is 15.9 Å². The molecule has 88 valence electrons. The molecular formula is C11H11BrF3N. The van der Waals surface area contributed by atoms with E-state index in [1.807, 2.05) is 0 Å². The molecule has 1 fully saturated rings. The van der Waals surface area contributed by atoms with Crippen molar-refractivity contribution in [3.8, 4) is 0 Å². The van der Waals surface area contributed by atoms with Crippen LogP contribution in [0.1, 0.15) is 24.8 Å². The second-order valence-corrected chi connectivity index (χ2v) is 4.91. The van der Waals surface area contributed by atoms with Gasteiger partial charge in [0.1, 0.15) is 0 Å². The van der Waals surface area contributed by atoms with Crippen LogP contribution in [0.25, 0.3) is 0 Å². The van der Waals surface area contributed by atoms with Gasteiger partial charge in [0.05, 0.1) is 5.56 Å². The molecule has 1 saturated carbocycles. The Morgan fingerprint density at radius 1 is 1.19 bits per heavy atom. The monoisotopic (exact) mass is 293 g/mol. The summed E-state index contributed by atoms with van der Waals surface area (Å²) in [5.74, 6) is 0. The second-order valence-electron chi connectivity index (χ2n) is 4.00. The largest absolute Gasteiger partial charge is 0.416 e. The number of hydrogen-bond acceptors (Lipinski definition) is 1. The molecule has 1 aliphatic rings. The fraction of sp³-hybridized carbons (Fsp3) is 0.455. The van der Waals surface area contributed by atoms with E-state index in [9.17, 15) is 13.2 Å². The highest BCUT2D eigenvalue weighted by Gasteiger charge is 2.31. The van der Waals surface area contributed by atoms with Crippen LogP contribution in [0.4, 0.5) is 18.9 Å². The van der Waals surface area contributed by atoms with Gasteiger partial charge in [-0.2, -0.15) is 13.2 Å². The summed E-state index contributed by atoms with van der Waals surface area (Å²) in [6.07, 6.45) is -1.07. The fourth-order valence-electron chi connectivity index (χ4n) is 1.62. The van der Waals surface area contributed by atoms with Gasteiger partial charge in [-0.1, -0.05) is 15.9 Å². The van der Waals surface area contributed by atoms with Gasteiger partial charge in [-0.15, -0.1) is 0 Å². The van der Waals surface area contributed by atoms with E-state index in [0.29, 0.717) is 16.2 Å². The second kappa shape index (κ2) is 4.28. The molecule has 0 unspecified atom stereocenters. The molecule has 0 aromatic heterocycles. The number of nitrogens with one attached hydrogen (secondary N) is 1. The molecule has 0 radical (unpaired) electrons. The van der Waals surface area contributed by atoms with Crippen molar-refractivity contribution < 1.29 is 13.2 Å². The number of halogens is 4. The lowest BCUT2D eigenvalue weighted by Crippen LogP contribution is -2.27. The summed E-state index contributed by atoms with van der Waals surface area (Å²) in [6.45, 7) is 0. The smallest absolute Gasteiger partial charge is 0.382 e. The summed E-state index contributed by atoms with van der Waals surface area (Å²) in [6, 6.07) is 4.25. The van der Waals surface area contributed by atoms with Gasteiger partial charge < -0.3 is 5.32 Å². The Hall–Kier alpha value is -0.710. The molecule has 0 heterocycles. The molecule has 1 nitrogen and oxygen atoms in total. The van der Waals surface area contributed by atoms with Crippen molar-refractivity contribution in [1.82, 2.24) is 0 Å². The molecule has 0 amide bonds. The Morgan fingerprint density at radius 2 is 1.88 bits per heavy atom. The lowest BCUT2D eigenvalue weighted by molar-refractivity contribution is -0.137. The van der Waals surface area contributed by atoms with Crippen molar-refractivity contribution in [3.63, 3.8) is 0 Å². The van der Waals surface area contributed by atoms with E-state index in [0.717, 1.165) is 31.4 Å². The zero-order valence-electron chi connectivity index (χ0n) is 8.44. The summed E-state index contributed by atoms with van der Waals surface area (Å²) >= 11 is 3.10. The molecule has 1 N–H and O–H groups in total. The molecule has 0 saturated heterocycles. The van der Waals surface area contributed by atoms with E-state index >= 15 is 0 Å². The maximum Gasteiger partial charge on any atom is 0.416 e. The lowest BCUT2D eigenvalue weighted by Gasteiger charge is -2.27. The van der Waals surface area contributed by atoms with Crippen molar-refractivity contribution in [1.29, 1.82) is 0 Å². The Morgan fingerprint density at radius 3 is 2.38 bits per heavy atom. The van der Waals surface area contributed by atoms with Gasteiger partial charge in [-0.3, -0.25) is 0 Å². The zero-order valence-corrected chi connectivity index (χ0v) is 10.0. The van der Waals surface area contributed by atoms with Crippen LogP contribution in [0.2, 0.25) is 0 Å². The van der Waals surface area contributed by atoms with Crippen molar-refractivity contribution in [2.24, 2.45) is 0 Å². The summed E-state index contributed by atoms with van der Waals surface area (Å²) in [5.41, 5.74) is -0.0879. The van der Waals surface area contributed by atoms with Gasteiger partial charge in [-0.25, -0.2) is 0 Å². The molecular weight excluding hydrogens is 283 g/mol. The molecule has 1 aliphatic carbocycles. The molecule has 16 heavy (non-hydrogen) atoms. The first-order valence-corrected chi connectivity index (χ1v) is 5.89. The highest BCUT2D eigenvalue weighted by Crippen LogP contribution is 2.34. The van der Waals surface area contributed by atoms with Crippen LogP contribution in [-0.4, -0.2) is 6.04 Å². The average molecular weight is 294 g/mol. The van der Waals surface area contributed by atoms with E-state index in [-0.39, 0.29) is 0 Å². The third-order valence-corrected chi connectivity index (χ3v) is 3.16. The van der Waals surface area contributed by atoms with Crippen LogP contribution < -0.4 is 5.32 Å². The van der Waals surface area contributed by atoms with Crippen LogP contribution in [0.3, 0.4) is 0 Å². The predicted octanol–water partition coefficient (Wildman–Crippen LogP) is 4.43. The van der Waals surface area contributed by atoms with E-state index < -0.39 is 11.7 Å². The summed E-state index contributed by atoms with van der Waals surface area (Å²) in [7, 11) is 0. The molecule has 2 rings (SSSR count). The minimum atomic E-state index is -4.29. The molecule has 0 atom stereocenters. The van der Waals surface area contributed by atoms with Crippen molar-refractivity contribution in [2.45, 2.75) is 31.5 Å². The molecule has 0 aliphatic heterocycles. The SMILES string of the molecule is FC(F)(F)c1cc(Br)cc(NC2CCC2)c1. The minimum absolute atomic E-state index is 0.329. The standard InChI is InChI=1S/C11H11BrF3N/c12-8-4-7(11(13,14)15)5-10(6-8)16-9-2-1-3-9/h4-6,9,16H,1-3H2. The van der Waals surface area contributed by atoms with Gasteiger partial charge >= 0.3 is 6.18 Å². The summed E-state index contributed by atoms with van der Waals surface area (Å²) in [5, 5.41) is 3.10. The fourth-order valence-corrected chi connectivity index (χ4v) is 2.12. The molecule has 1 aromatic carbocycles. The van der Waals surface area contributed by atoms with Gasteiger partial charge in [0.2, 0.25) is 0 Å². The predicted molar refractivity (Wildman–Crippen MR) is 60.4 cm³/mol. The Labute approximate surface area is 100 Å². The van der Waals surface area contributed by atoms with Crippen LogP contribution in [-0.2, 0) is 6.18 Å². The summed E-state index contributed by atoms with van der Waals surface area (Å²) < 4.78 is 38.0. The zero-order chi connectivity index (χ0) is 11.8. The van der Waals surface area contributed by atoms with Crippen molar-refractivity contribution in [2.75, 3.05) is 5.32 Å². The minimum Gasteiger partial charge on any atom is -0.382 e. The highest BCUT2D eigenvalue weighted by molar-refractivity contribution is 9.10. The van der Waals surface area contributed by atoms with E-state index in [1.54, 1.807) is 6.07 Å². The van der Waals surface area contributed by atoms with Crippen molar-refractivity contribution in [3.05, 3.63) is 28.2 Å². The maximum absolute atomic E-state index is 12.5. The topological polar surface area (TPSA) is 12.0 Å². The average Bonchev–Trinajstić information content (AvgIpc) is 2.09. The third-order valence-electron chi connectivity index (χ3n) is 2.70. The molecule has 0 bridgehead atoms. The summed E-state index contributed by atoms with van der Waals surface area (Å²) in [4.78, 5) is 0. The van der Waals surface area contributed by atoms with Crippen LogP contribution in [0.15, 0.2) is 22.7 Å². The van der Waals surface area contributed by atoms with Crippen LogP contribution in [0, 0.1) is 0 Å². The number of hydrogen-bond donors (Lipinski definition) is 1. The number of alkyl halides is 3. The van der Waals surface area contributed by atoms with Crippen LogP contribution in [0.5, 0.6) is 0 Å². The number of benzene rings is 1. The molecule has 5 heteroatoms. The number of anilines is 1. The van der Waals surface area contributed by atoms with Gasteiger partial charge in [0.15, 0.2) is 0 Å². The normalized spacial score (nSPS) is 17.0. The first kappa shape index (κ1) is 11.8. The Bertz CT molecular complexity index is 385. The third kappa shape index (κ3) is 2.70. The highest BCUT2D eigenvalue weighted by atomic mass is 79.9.